The number of rotatable bonds is 6. The molecule has 5 atom stereocenters. The molecule has 1 aliphatic heterocycles. The van der Waals surface area contributed by atoms with Crippen molar-refractivity contribution in [3.8, 4) is 0 Å². The largest absolute Gasteiger partial charge is 0.394 e. The third-order valence-corrected chi connectivity index (χ3v) is 6.01. The fourth-order valence-corrected chi connectivity index (χ4v) is 4.26. The number of para-hydroxylation sites is 1. The van der Waals surface area contributed by atoms with E-state index in [1.165, 1.54) is 17.2 Å². The first kappa shape index (κ1) is 21.5. The summed E-state index contributed by atoms with van der Waals surface area (Å²) < 4.78 is 8.87. The molecule has 13 heteroatoms. The third-order valence-electron chi connectivity index (χ3n) is 6.01. The molecule has 178 valence electrons. The quantitative estimate of drug-likeness (QED) is 0.265. The average Bonchev–Trinajstić information content (AvgIpc) is 3.59. The first-order valence-electron chi connectivity index (χ1n) is 10.9. The topological polar surface area (TPSA) is 169 Å². The van der Waals surface area contributed by atoms with Gasteiger partial charge < -0.3 is 25.4 Å². The molecule has 35 heavy (non-hydrogen) atoms. The van der Waals surface area contributed by atoms with E-state index in [-0.39, 0.29) is 0 Å². The molecule has 0 radical (unpaired) electrons. The number of nitrogens with one attached hydrogen (secondary N) is 1. The fourth-order valence-electron chi connectivity index (χ4n) is 4.26. The van der Waals surface area contributed by atoms with Crippen LogP contribution in [-0.4, -0.2) is 79.7 Å². The number of fused-ring (bicyclic) bond motifs is 2. The number of benzene rings is 1. The Morgan fingerprint density at radius 1 is 1.00 bits per heavy atom. The van der Waals surface area contributed by atoms with Gasteiger partial charge in [0.1, 0.15) is 30.2 Å². The van der Waals surface area contributed by atoms with Gasteiger partial charge in [0, 0.05) is 6.20 Å². The zero-order valence-electron chi connectivity index (χ0n) is 18.2. The first-order valence-corrected chi connectivity index (χ1v) is 10.9. The Hall–Kier alpha value is -4.04. The van der Waals surface area contributed by atoms with Crippen molar-refractivity contribution in [1.82, 2.24) is 39.5 Å². The first-order chi connectivity index (χ1) is 17.2. The van der Waals surface area contributed by atoms with Gasteiger partial charge >= 0.3 is 0 Å². The summed E-state index contributed by atoms with van der Waals surface area (Å²) in [6.45, 7) is -0.430. The Bertz CT molecular complexity index is 1470. The van der Waals surface area contributed by atoms with Crippen molar-refractivity contribution >= 4 is 28.0 Å². The van der Waals surface area contributed by atoms with E-state index in [1.807, 2.05) is 42.5 Å². The molecule has 13 nitrogen and oxygen atoms in total. The summed E-state index contributed by atoms with van der Waals surface area (Å²) in [5, 5.41) is 42.0. The number of ether oxygens (including phenoxy) is 1. The van der Waals surface area contributed by atoms with Gasteiger partial charge in [-0.3, -0.25) is 9.55 Å². The van der Waals surface area contributed by atoms with Gasteiger partial charge in [0.15, 0.2) is 29.4 Å². The van der Waals surface area contributed by atoms with Gasteiger partial charge in [-0.15, -0.1) is 5.10 Å². The number of hydrogen-bond acceptors (Lipinski definition) is 11. The lowest BCUT2D eigenvalue weighted by Crippen LogP contribution is -2.33. The second-order valence-corrected chi connectivity index (χ2v) is 8.10. The van der Waals surface area contributed by atoms with Crippen LogP contribution < -0.4 is 5.32 Å². The predicted molar refractivity (Wildman–Crippen MR) is 122 cm³/mol. The number of pyridine rings is 1. The van der Waals surface area contributed by atoms with Crippen LogP contribution in [0.4, 0.5) is 5.82 Å². The Balaban J connectivity index is 1.41. The summed E-state index contributed by atoms with van der Waals surface area (Å²) in [5.41, 5.74) is 3.00. The lowest BCUT2D eigenvalue weighted by molar-refractivity contribution is -0.0511. The summed E-state index contributed by atoms with van der Waals surface area (Å²) in [6, 6.07) is 13.2. The van der Waals surface area contributed by atoms with E-state index in [2.05, 4.69) is 35.6 Å². The molecule has 4 N–H and O–H groups in total. The number of nitrogens with zero attached hydrogens (tertiary/aromatic N) is 8. The van der Waals surface area contributed by atoms with Gasteiger partial charge in [-0.05, 0) is 24.3 Å². The molecule has 1 fully saturated rings. The van der Waals surface area contributed by atoms with Crippen LogP contribution in [-0.2, 0) is 4.74 Å². The van der Waals surface area contributed by atoms with Crippen molar-refractivity contribution in [3.63, 3.8) is 0 Å². The molecule has 6 rings (SSSR count). The second-order valence-electron chi connectivity index (χ2n) is 8.10. The van der Waals surface area contributed by atoms with E-state index in [4.69, 9.17) is 4.74 Å². The lowest BCUT2D eigenvalue weighted by Gasteiger charge is -2.20. The van der Waals surface area contributed by atoms with Crippen molar-refractivity contribution < 1.29 is 20.1 Å². The molecule has 1 unspecified atom stereocenters. The number of hydrogen-bond donors (Lipinski definition) is 4. The zero-order valence-corrected chi connectivity index (χ0v) is 18.2. The normalized spacial score (nSPS) is 23.2. The summed E-state index contributed by atoms with van der Waals surface area (Å²) in [7, 11) is 0. The monoisotopic (exact) mass is 475 g/mol. The lowest BCUT2D eigenvalue weighted by atomic mass is 10.1. The maximum absolute atomic E-state index is 10.5. The van der Waals surface area contributed by atoms with E-state index in [0.717, 1.165) is 11.0 Å². The SMILES string of the molecule is OC[C@H]1O[C@@H](n2cnc3c(NC(c4ccccn4)n4nnc5ccccc54)ncnc32)[C@H](O)[C@@H]1O. The third kappa shape index (κ3) is 3.57. The molecule has 1 aromatic carbocycles. The summed E-state index contributed by atoms with van der Waals surface area (Å²) in [5.74, 6) is 0.399. The number of aliphatic hydroxyl groups excluding tert-OH is 3. The minimum Gasteiger partial charge on any atom is -0.394 e. The summed E-state index contributed by atoms with van der Waals surface area (Å²) in [6.07, 6.45) is -0.461. The van der Waals surface area contributed by atoms with Crippen molar-refractivity contribution in [1.29, 1.82) is 0 Å². The molecule has 1 aliphatic rings. The zero-order chi connectivity index (χ0) is 23.9. The highest BCUT2D eigenvalue weighted by Crippen LogP contribution is 2.33. The molecule has 0 saturated carbocycles. The summed E-state index contributed by atoms with van der Waals surface area (Å²) >= 11 is 0. The maximum atomic E-state index is 10.5. The van der Waals surface area contributed by atoms with Crippen LogP contribution in [0.15, 0.2) is 61.3 Å². The van der Waals surface area contributed by atoms with Crippen LogP contribution in [0.2, 0.25) is 0 Å². The van der Waals surface area contributed by atoms with Gasteiger partial charge in [-0.2, -0.15) is 0 Å². The molecule has 5 aromatic rings. The second kappa shape index (κ2) is 8.63. The number of anilines is 1. The fraction of sp³-hybridized carbons (Fsp3) is 0.273. The highest BCUT2D eigenvalue weighted by molar-refractivity contribution is 5.83. The molecule has 4 aromatic heterocycles. The number of aliphatic hydroxyl groups is 3. The van der Waals surface area contributed by atoms with Crippen LogP contribution in [0.1, 0.15) is 18.1 Å². The van der Waals surface area contributed by atoms with Crippen LogP contribution in [0.5, 0.6) is 0 Å². The minimum atomic E-state index is -1.27. The summed E-state index contributed by atoms with van der Waals surface area (Å²) in [4.78, 5) is 17.6. The van der Waals surface area contributed by atoms with Crippen LogP contribution in [0, 0.1) is 0 Å². The Morgan fingerprint density at radius 2 is 1.86 bits per heavy atom. The van der Waals surface area contributed by atoms with Crippen LogP contribution in [0.25, 0.3) is 22.2 Å². The van der Waals surface area contributed by atoms with Crippen molar-refractivity contribution in [3.05, 3.63) is 67.0 Å². The van der Waals surface area contributed by atoms with Crippen molar-refractivity contribution in [2.75, 3.05) is 11.9 Å². The van der Waals surface area contributed by atoms with Gasteiger partial charge in [-0.25, -0.2) is 19.6 Å². The molecule has 5 heterocycles. The highest BCUT2D eigenvalue weighted by atomic mass is 16.6. The van der Waals surface area contributed by atoms with Gasteiger partial charge in [0.05, 0.1) is 24.1 Å². The molecule has 0 spiro atoms. The van der Waals surface area contributed by atoms with E-state index in [9.17, 15) is 15.3 Å². The van der Waals surface area contributed by atoms with E-state index in [0.29, 0.717) is 22.7 Å². The van der Waals surface area contributed by atoms with E-state index in [1.54, 1.807) is 10.9 Å². The molecular weight excluding hydrogens is 454 g/mol. The van der Waals surface area contributed by atoms with Gasteiger partial charge in [0.2, 0.25) is 0 Å². The minimum absolute atomic E-state index is 0.376. The smallest absolute Gasteiger partial charge is 0.167 e. The van der Waals surface area contributed by atoms with Crippen LogP contribution in [0.3, 0.4) is 0 Å². The Kier molecular flexibility index (Phi) is 5.30. The Morgan fingerprint density at radius 3 is 2.66 bits per heavy atom. The van der Waals surface area contributed by atoms with Crippen molar-refractivity contribution in [2.24, 2.45) is 0 Å². The molecule has 0 aliphatic carbocycles. The standard InChI is InChI=1S/C22H21N9O4/c32-9-15-17(33)18(34)22(35-15)30-11-26-16-19(24-10-25-21(16)30)27-20(13-6-3-4-8-23-13)31-14-7-2-1-5-12(14)28-29-31/h1-8,10-11,15,17-18,20,22,32-34H,9H2,(H,24,25,27)/t15-,17-,18-,20?,22-/m1/s1. The number of imidazole rings is 1. The van der Waals surface area contributed by atoms with Crippen molar-refractivity contribution in [2.45, 2.75) is 30.7 Å². The van der Waals surface area contributed by atoms with E-state index >= 15 is 0 Å². The van der Waals surface area contributed by atoms with Gasteiger partial charge in [-0.1, -0.05) is 23.4 Å². The number of aromatic nitrogens is 8. The van der Waals surface area contributed by atoms with Gasteiger partial charge in [0.25, 0.3) is 0 Å². The molecule has 0 amide bonds. The maximum Gasteiger partial charge on any atom is 0.167 e. The van der Waals surface area contributed by atoms with Crippen LogP contribution >= 0.6 is 0 Å². The highest BCUT2D eigenvalue weighted by Gasteiger charge is 2.44. The molecule has 1 saturated heterocycles. The molecular formula is C22H21N9O4. The average molecular weight is 475 g/mol. The molecule has 0 bridgehead atoms. The Labute approximate surface area is 197 Å². The van der Waals surface area contributed by atoms with E-state index < -0.39 is 37.3 Å². The predicted octanol–water partition coefficient (Wildman–Crippen LogP) is 0.236.